The molecule has 23 heavy (non-hydrogen) atoms. The number of benzene rings is 1. The quantitative estimate of drug-likeness (QED) is 0.734. The van der Waals surface area contributed by atoms with Gasteiger partial charge in [0.15, 0.2) is 12.4 Å². The minimum Gasteiger partial charge on any atom is -0.484 e. The molecule has 1 N–H and O–H groups in total. The molecule has 4 rings (SSSR count). The molecule has 1 aliphatic rings. The maximum absolute atomic E-state index is 11.4. The Labute approximate surface area is 131 Å². The molecule has 0 aliphatic carbocycles. The van der Waals surface area contributed by atoms with Crippen LogP contribution in [-0.4, -0.2) is 23.2 Å². The predicted molar refractivity (Wildman–Crippen MR) is 81.5 cm³/mol. The van der Waals surface area contributed by atoms with Gasteiger partial charge in [-0.05, 0) is 24.6 Å². The second-order valence-electron chi connectivity index (χ2n) is 5.60. The SMILES string of the molecule is Cc1cc(=O)oc2cc(OCc3nc(C4CNC4)no3)ccc12. The fraction of sp³-hybridized carbons (Fsp3) is 0.312. The Morgan fingerprint density at radius 2 is 2.22 bits per heavy atom. The Balaban J connectivity index is 1.51. The highest BCUT2D eigenvalue weighted by Crippen LogP contribution is 2.23. The van der Waals surface area contributed by atoms with E-state index in [0.717, 1.165) is 24.0 Å². The number of ether oxygens (including phenoxy) is 1. The van der Waals surface area contributed by atoms with Gasteiger partial charge in [-0.1, -0.05) is 5.16 Å². The summed E-state index contributed by atoms with van der Waals surface area (Å²) >= 11 is 0. The van der Waals surface area contributed by atoms with Gasteiger partial charge in [0.1, 0.15) is 11.3 Å². The minimum absolute atomic E-state index is 0.175. The van der Waals surface area contributed by atoms with E-state index in [1.807, 2.05) is 19.1 Å². The van der Waals surface area contributed by atoms with Crippen LogP contribution in [0.2, 0.25) is 0 Å². The minimum atomic E-state index is -0.372. The summed E-state index contributed by atoms with van der Waals surface area (Å²) in [5.74, 6) is 2.04. The standard InChI is InChI=1S/C16H15N3O4/c1-9-4-15(20)22-13-5-11(2-3-12(9)13)21-8-14-18-16(19-23-14)10-6-17-7-10/h2-5,10,17H,6-8H2,1H3. The monoisotopic (exact) mass is 313 g/mol. The van der Waals surface area contributed by atoms with E-state index in [-0.39, 0.29) is 12.2 Å². The molecule has 0 radical (unpaired) electrons. The number of rotatable bonds is 4. The van der Waals surface area contributed by atoms with Crippen molar-refractivity contribution in [2.45, 2.75) is 19.4 Å². The van der Waals surface area contributed by atoms with Crippen molar-refractivity contribution in [3.8, 4) is 5.75 Å². The molecule has 0 unspecified atom stereocenters. The van der Waals surface area contributed by atoms with Crippen molar-refractivity contribution in [2.24, 2.45) is 0 Å². The Kier molecular flexibility index (Phi) is 3.34. The lowest BCUT2D eigenvalue weighted by atomic mass is 10.0. The normalized spacial score (nSPS) is 14.8. The molecule has 7 heteroatoms. The van der Waals surface area contributed by atoms with Crippen molar-refractivity contribution in [2.75, 3.05) is 13.1 Å². The summed E-state index contributed by atoms with van der Waals surface area (Å²) < 4.78 is 16.0. The lowest BCUT2D eigenvalue weighted by Gasteiger charge is -2.23. The summed E-state index contributed by atoms with van der Waals surface area (Å²) in [6.07, 6.45) is 0. The summed E-state index contributed by atoms with van der Waals surface area (Å²) in [6.45, 7) is 3.80. The summed E-state index contributed by atoms with van der Waals surface area (Å²) in [5.41, 5.74) is 1.00. The van der Waals surface area contributed by atoms with Crippen LogP contribution in [0.1, 0.15) is 23.2 Å². The fourth-order valence-electron chi connectivity index (χ4n) is 2.50. The Morgan fingerprint density at radius 1 is 1.35 bits per heavy atom. The van der Waals surface area contributed by atoms with Crippen molar-refractivity contribution >= 4 is 11.0 Å². The maximum Gasteiger partial charge on any atom is 0.336 e. The van der Waals surface area contributed by atoms with Crippen LogP contribution in [0, 0.1) is 6.92 Å². The largest absolute Gasteiger partial charge is 0.484 e. The smallest absolute Gasteiger partial charge is 0.336 e. The third kappa shape index (κ3) is 2.70. The van der Waals surface area contributed by atoms with Crippen molar-refractivity contribution < 1.29 is 13.7 Å². The molecular weight excluding hydrogens is 298 g/mol. The van der Waals surface area contributed by atoms with Crippen LogP contribution >= 0.6 is 0 Å². The highest BCUT2D eigenvalue weighted by molar-refractivity contribution is 5.81. The molecule has 3 aromatic rings. The maximum atomic E-state index is 11.4. The molecule has 3 heterocycles. The van der Waals surface area contributed by atoms with Crippen LogP contribution in [-0.2, 0) is 6.61 Å². The molecule has 1 fully saturated rings. The first kappa shape index (κ1) is 14.0. The van der Waals surface area contributed by atoms with Crippen molar-refractivity contribution in [1.29, 1.82) is 0 Å². The Hall–Kier alpha value is -2.67. The second-order valence-corrected chi connectivity index (χ2v) is 5.60. The zero-order chi connectivity index (χ0) is 15.8. The van der Waals surface area contributed by atoms with Gasteiger partial charge in [0.05, 0.1) is 0 Å². The van der Waals surface area contributed by atoms with Gasteiger partial charge in [0.25, 0.3) is 5.89 Å². The summed E-state index contributed by atoms with van der Waals surface area (Å²) in [5, 5.41) is 8.01. The number of aryl methyl sites for hydroxylation is 1. The van der Waals surface area contributed by atoms with Crippen molar-refractivity contribution in [3.63, 3.8) is 0 Å². The number of hydrogen-bond acceptors (Lipinski definition) is 7. The van der Waals surface area contributed by atoms with Gasteiger partial charge in [-0.15, -0.1) is 0 Å². The molecular formula is C16H15N3O4. The first-order valence-corrected chi connectivity index (χ1v) is 7.39. The van der Waals surface area contributed by atoms with Crippen LogP contribution in [0.25, 0.3) is 11.0 Å². The molecule has 0 bridgehead atoms. The van der Waals surface area contributed by atoms with E-state index in [1.165, 1.54) is 6.07 Å². The Morgan fingerprint density at radius 3 is 3.00 bits per heavy atom. The van der Waals surface area contributed by atoms with Crippen molar-refractivity contribution in [3.05, 3.63) is 52.0 Å². The van der Waals surface area contributed by atoms with E-state index in [2.05, 4.69) is 15.5 Å². The van der Waals surface area contributed by atoms with Crippen LogP contribution in [0.3, 0.4) is 0 Å². The van der Waals surface area contributed by atoms with Gasteiger partial charge in [0, 0.05) is 36.5 Å². The van der Waals surface area contributed by atoms with Crippen LogP contribution < -0.4 is 15.7 Å². The van der Waals surface area contributed by atoms with E-state index in [0.29, 0.717) is 29.0 Å². The van der Waals surface area contributed by atoms with Crippen LogP contribution in [0.15, 0.2) is 38.0 Å². The summed E-state index contributed by atoms with van der Waals surface area (Å²) in [4.78, 5) is 15.8. The molecule has 1 aromatic carbocycles. The molecule has 2 aromatic heterocycles. The van der Waals surface area contributed by atoms with E-state index < -0.39 is 0 Å². The lowest BCUT2D eigenvalue weighted by Crippen LogP contribution is -2.40. The van der Waals surface area contributed by atoms with Gasteiger partial charge in [-0.2, -0.15) is 4.98 Å². The molecule has 0 amide bonds. The molecule has 1 saturated heterocycles. The number of nitrogens with one attached hydrogen (secondary N) is 1. The van der Waals surface area contributed by atoms with Crippen molar-refractivity contribution in [1.82, 2.24) is 15.5 Å². The average molecular weight is 313 g/mol. The zero-order valence-electron chi connectivity index (χ0n) is 12.5. The third-order valence-corrected chi connectivity index (χ3v) is 3.92. The first-order valence-electron chi connectivity index (χ1n) is 7.39. The molecule has 0 spiro atoms. The average Bonchev–Trinajstić information content (AvgIpc) is 2.91. The van der Waals surface area contributed by atoms with E-state index >= 15 is 0 Å². The van der Waals surface area contributed by atoms with E-state index in [1.54, 1.807) is 6.07 Å². The molecule has 0 atom stereocenters. The van der Waals surface area contributed by atoms with Gasteiger partial charge < -0.3 is 19.0 Å². The summed E-state index contributed by atoms with van der Waals surface area (Å²) in [7, 11) is 0. The van der Waals surface area contributed by atoms with Gasteiger partial charge >= 0.3 is 5.63 Å². The second kappa shape index (κ2) is 5.51. The van der Waals surface area contributed by atoms with Gasteiger partial charge in [-0.25, -0.2) is 4.79 Å². The third-order valence-electron chi connectivity index (χ3n) is 3.92. The van der Waals surface area contributed by atoms with E-state index in [4.69, 9.17) is 13.7 Å². The topological polar surface area (TPSA) is 90.4 Å². The first-order chi connectivity index (χ1) is 11.2. The predicted octanol–water partition coefficient (Wildman–Crippen LogP) is 1.75. The number of hydrogen-bond donors (Lipinski definition) is 1. The van der Waals surface area contributed by atoms with Gasteiger partial charge in [0.2, 0.25) is 0 Å². The zero-order valence-corrected chi connectivity index (χ0v) is 12.5. The molecule has 1 aliphatic heterocycles. The van der Waals surface area contributed by atoms with Crippen LogP contribution in [0.4, 0.5) is 0 Å². The Bertz CT molecular complexity index is 911. The molecule has 0 saturated carbocycles. The summed E-state index contributed by atoms with van der Waals surface area (Å²) in [6, 6.07) is 6.85. The number of aromatic nitrogens is 2. The lowest BCUT2D eigenvalue weighted by molar-refractivity contribution is 0.242. The molecule has 7 nitrogen and oxygen atoms in total. The van der Waals surface area contributed by atoms with Crippen LogP contribution in [0.5, 0.6) is 5.75 Å². The highest BCUT2D eigenvalue weighted by Gasteiger charge is 2.24. The number of fused-ring (bicyclic) bond motifs is 1. The number of nitrogens with zero attached hydrogens (tertiary/aromatic N) is 2. The highest BCUT2D eigenvalue weighted by atomic mass is 16.5. The van der Waals surface area contributed by atoms with E-state index in [9.17, 15) is 4.79 Å². The fourth-order valence-corrected chi connectivity index (χ4v) is 2.50. The van der Waals surface area contributed by atoms with Gasteiger partial charge in [-0.3, -0.25) is 0 Å². The molecule has 118 valence electrons.